The molecule has 5 atom stereocenters. The Labute approximate surface area is 174 Å². The summed E-state index contributed by atoms with van der Waals surface area (Å²) in [6, 6.07) is 0. The number of allylic oxidation sites excluding steroid dienone is 2. The van der Waals surface area contributed by atoms with E-state index in [-0.39, 0.29) is 23.8 Å². The van der Waals surface area contributed by atoms with Gasteiger partial charge in [0, 0.05) is 4.88 Å². The van der Waals surface area contributed by atoms with Gasteiger partial charge in [-0.1, -0.05) is 19.1 Å². The highest BCUT2D eigenvalue weighted by Gasteiger charge is 2.51. The number of carboxylic acid groups (broad SMARTS) is 1. The molecule has 0 aliphatic heterocycles. The molecule has 1 aromatic heterocycles. The average molecular weight is 418 g/mol. The summed E-state index contributed by atoms with van der Waals surface area (Å²) < 4.78 is 5.46. The summed E-state index contributed by atoms with van der Waals surface area (Å²) in [5, 5.41) is 13.1. The Morgan fingerprint density at radius 2 is 1.90 bits per heavy atom. The number of aliphatic carboxylic acids is 1. The second kappa shape index (κ2) is 7.59. The minimum absolute atomic E-state index is 0.0539. The molecule has 156 valence electrons. The number of esters is 1. The van der Waals surface area contributed by atoms with Gasteiger partial charge in [-0.05, 0) is 62.8 Å². The number of fused-ring (bicyclic) bond motifs is 3. The van der Waals surface area contributed by atoms with Crippen molar-refractivity contribution in [2.24, 2.45) is 29.6 Å². The first-order valence-electron chi connectivity index (χ1n) is 10.3. The van der Waals surface area contributed by atoms with Crippen LogP contribution in [0.15, 0.2) is 12.2 Å². The summed E-state index contributed by atoms with van der Waals surface area (Å²) in [6.07, 6.45) is 7.00. The lowest BCUT2D eigenvalue weighted by Crippen LogP contribution is -2.36. The van der Waals surface area contributed by atoms with Crippen LogP contribution < -0.4 is 5.32 Å². The molecule has 1 heterocycles. The standard InChI is InChI=1S/C22H27NO5S/c1-10(2)28-22(27)18-14-7-4-11(3)8-15(14)29-20(18)23-19(24)16-12-5-6-13(9-12)17(16)21(25)26/h5-6,10-13,16-17H,4,7-9H2,1-3H3,(H,23,24)(H,25,26)/t11-,12+,13+,16-,17-/m1/s1. The van der Waals surface area contributed by atoms with Crippen LogP contribution in [0, 0.1) is 29.6 Å². The molecule has 3 aliphatic carbocycles. The van der Waals surface area contributed by atoms with Gasteiger partial charge in [-0.25, -0.2) is 4.79 Å². The van der Waals surface area contributed by atoms with Crippen molar-refractivity contribution in [2.75, 3.05) is 5.32 Å². The molecule has 4 rings (SSSR count). The maximum absolute atomic E-state index is 13.1. The summed E-state index contributed by atoms with van der Waals surface area (Å²) in [7, 11) is 0. The number of amides is 1. The van der Waals surface area contributed by atoms with Gasteiger partial charge in [-0.15, -0.1) is 11.3 Å². The van der Waals surface area contributed by atoms with E-state index in [0.717, 1.165) is 29.7 Å². The van der Waals surface area contributed by atoms with Crippen molar-refractivity contribution in [3.05, 3.63) is 28.2 Å². The van der Waals surface area contributed by atoms with Gasteiger partial charge in [-0.2, -0.15) is 0 Å². The van der Waals surface area contributed by atoms with Crippen molar-refractivity contribution < 1.29 is 24.2 Å². The van der Waals surface area contributed by atoms with Gasteiger partial charge in [0.05, 0.1) is 23.5 Å². The number of anilines is 1. The fourth-order valence-electron chi connectivity index (χ4n) is 5.04. The van der Waals surface area contributed by atoms with Crippen molar-refractivity contribution in [1.29, 1.82) is 0 Å². The first-order chi connectivity index (χ1) is 13.8. The predicted molar refractivity (Wildman–Crippen MR) is 110 cm³/mol. The summed E-state index contributed by atoms with van der Waals surface area (Å²) in [5.41, 5.74) is 1.45. The SMILES string of the molecule is CC(C)OC(=O)c1c(NC(=O)[C@H]2[C@H](C(=O)O)[C@H]3C=C[C@H]2C3)sc2c1CC[C@@H](C)C2. The molecule has 0 spiro atoms. The van der Waals surface area contributed by atoms with E-state index in [1.807, 2.05) is 12.2 Å². The monoisotopic (exact) mass is 417 g/mol. The average Bonchev–Trinajstić information content (AvgIpc) is 3.32. The van der Waals surface area contributed by atoms with Crippen molar-refractivity contribution in [2.45, 2.75) is 52.6 Å². The molecule has 2 bridgehead atoms. The number of carbonyl (C=O) groups is 3. The number of nitrogens with one attached hydrogen (secondary N) is 1. The van der Waals surface area contributed by atoms with Crippen LogP contribution in [0.5, 0.6) is 0 Å². The molecule has 6 nitrogen and oxygen atoms in total. The molecular weight excluding hydrogens is 390 g/mol. The number of carbonyl (C=O) groups excluding carboxylic acids is 2. The van der Waals surface area contributed by atoms with Crippen LogP contribution in [-0.4, -0.2) is 29.1 Å². The minimum Gasteiger partial charge on any atom is -0.481 e. The third-order valence-corrected chi connectivity index (χ3v) is 7.51. The predicted octanol–water partition coefficient (Wildman–Crippen LogP) is 3.90. The molecule has 3 aliphatic rings. The molecule has 0 unspecified atom stereocenters. The highest BCUT2D eigenvalue weighted by atomic mass is 32.1. The third-order valence-electron chi connectivity index (χ3n) is 6.34. The zero-order valence-corrected chi connectivity index (χ0v) is 17.8. The topological polar surface area (TPSA) is 92.7 Å². The Morgan fingerprint density at radius 3 is 2.55 bits per heavy atom. The number of rotatable bonds is 5. The van der Waals surface area contributed by atoms with E-state index in [1.165, 1.54) is 11.3 Å². The molecule has 0 radical (unpaired) electrons. The Kier molecular flexibility index (Phi) is 5.27. The second-order valence-electron chi connectivity index (χ2n) is 8.84. The van der Waals surface area contributed by atoms with Gasteiger partial charge < -0.3 is 15.2 Å². The lowest BCUT2D eigenvalue weighted by atomic mass is 9.82. The van der Waals surface area contributed by atoms with Gasteiger partial charge >= 0.3 is 11.9 Å². The zero-order chi connectivity index (χ0) is 20.9. The molecule has 7 heteroatoms. The Morgan fingerprint density at radius 1 is 1.21 bits per heavy atom. The fourth-order valence-corrected chi connectivity index (χ4v) is 6.44. The maximum Gasteiger partial charge on any atom is 0.341 e. The van der Waals surface area contributed by atoms with E-state index in [9.17, 15) is 19.5 Å². The molecule has 0 saturated heterocycles. The number of carboxylic acids is 1. The van der Waals surface area contributed by atoms with Gasteiger partial charge in [-0.3, -0.25) is 9.59 Å². The lowest BCUT2D eigenvalue weighted by Gasteiger charge is -2.23. The quantitative estimate of drug-likeness (QED) is 0.560. The van der Waals surface area contributed by atoms with Crippen LogP contribution in [0.2, 0.25) is 0 Å². The van der Waals surface area contributed by atoms with Gasteiger partial charge in [0.1, 0.15) is 5.00 Å². The molecule has 1 saturated carbocycles. The highest BCUT2D eigenvalue weighted by Crippen LogP contribution is 2.49. The summed E-state index contributed by atoms with van der Waals surface area (Å²) >= 11 is 1.44. The number of hydrogen-bond donors (Lipinski definition) is 2. The molecule has 1 fully saturated rings. The van der Waals surface area contributed by atoms with Crippen LogP contribution in [0.4, 0.5) is 5.00 Å². The van der Waals surface area contributed by atoms with Crippen LogP contribution in [0.1, 0.15) is 54.4 Å². The number of hydrogen-bond acceptors (Lipinski definition) is 5. The van der Waals surface area contributed by atoms with E-state index < -0.39 is 23.8 Å². The molecule has 2 N–H and O–H groups in total. The Hall–Kier alpha value is -2.15. The maximum atomic E-state index is 13.1. The molecule has 0 aromatic carbocycles. The van der Waals surface area contributed by atoms with Crippen LogP contribution in [0.3, 0.4) is 0 Å². The van der Waals surface area contributed by atoms with E-state index in [4.69, 9.17) is 4.74 Å². The van der Waals surface area contributed by atoms with Crippen molar-refractivity contribution >= 4 is 34.2 Å². The second-order valence-corrected chi connectivity index (χ2v) is 9.94. The van der Waals surface area contributed by atoms with Crippen LogP contribution in [-0.2, 0) is 27.2 Å². The summed E-state index contributed by atoms with van der Waals surface area (Å²) in [5.74, 6) is -2.56. The van der Waals surface area contributed by atoms with Gasteiger partial charge in [0.15, 0.2) is 0 Å². The van der Waals surface area contributed by atoms with E-state index in [0.29, 0.717) is 22.9 Å². The normalized spacial score (nSPS) is 29.7. The third kappa shape index (κ3) is 3.61. The van der Waals surface area contributed by atoms with E-state index in [2.05, 4.69) is 12.2 Å². The minimum atomic E-state index is -0.930. The highest BCUT2D eigenvalue weighted by molar-refractivity contribution is 7.17. The number of ether oxygens (including phenoxy) is 1. The van der Waals surface area contributed by atoms with E-state index >= 15 is 0 Å². The first kappa shape index (κ1) is 20.1. The lowest BCUT2D eigenvalue weighted by molar-refractivity contribution is -0.146. The fraction of sp³-hybridized carbons (Fsp3) is 0.591. The van der Waals surface area contributed by atoms with Gasteiger partial charge in [0.25, 0.3) is 0 Å². The molecule has 29 heavy (non-hydrogen) atoms. The van der Waals surface area contributed by atoms with Crippen molar-refractivity contribution in [3.8, 4) is 0 Å². The van der Waals surface area contributed by atoms with Gasteiger partial charge in [0.2, 0.25) is 5.91 Å². The Balaban J connectivity index is 1.64. The van der Waals surface area contributed by atoms with E-state index in [1.54, 1.807) is 13.8 Å². The molecule has 1 aromatic rings. The Bertz CT molecular complexity index is 886. The van der Waals surface area contributed by atoms with Crippen LogP contribution >= 0.6 is 11.3 Å². The summed E-state index contributed by atoms with van der Waals surface area (Å²) in [6.45, 7) is 5.79. The smallest absolute Gasteiger partial charge is 0.341 e. The first-order valence-corrected chi connectivity index (χ1v) is 11.2. The van der Waals surface area contributed by atoms with Crippen LogP contribution in [0.25, 0.3) is 0 Å². The largest absolute Gasteiger partial charge is 0.481 e. The molecule has 1 amide bonds. The summed E-state index contributed by atoms with van der Waals surface area (Å²) in [4.78, 5) is 38.8. The van der Waals surface area contributed by atoms with Crippen molar-refractivity contribution in [1.82, 2.24) is 0 Å². The molecular formula is C22H27NO5S. The van der Waals surface area contributed by atoms with Crippen molar-refractivity contribution in [3.63, 3.8) is 0 Å². The number of thiophene rings is 1. The zero-order valence-electron chi connectivity index (χ0n) is 16.9.